The Morgan fingerprint density at radius 3 is 2.20 bits per heavy atom. The molecule has 2 aliphatic heterocycles. The molecule has 0 bridgehead atoms. The van der Waals surface area contributed by atoms with Gasteiger partial charge in [0.2, 0.25) is 0 Å². The van der Waals surface area contributed by atoms with E-state index >= 15 is 0 Å². The van der Waals surface area contributed by atoms with Gasteiger partial charge in [0.1, 0.15) is 18.1 Å². The molecular formula is C39H41N10O2+. The number of H-pyrrole nitrogens is 1. The van der Waals surface area contributed by atoms with Gasteiger partial charge >= 0.3 is 0 Å². The summed E-state index contributed by atoms with van der Waals surface area (Å²) in [6.07, 6.45) is 14.9. The van der Waals surface area contributed by atoms with Crippen molar-refractivity contribution in [1.82, 2.24) is 44.1 Å². The van der Waals surface area contributed by atoms with E-state index in [0.29, 0.717) is 21.8 Å². The van der Waals surface area contributed by atoms with Gasteiger partial charge in [-0.1, -0.05) is 12.1 Å². The molecule has 0 saturated carbocycles. The van der Waals surface area contributed by atoms with E-state index in [2.05, 4.69) is 68.7 Å². The van der Waals surface area contributed by atoms with Crippen LogP contribution in [-0.4, -0.2) is 65.4 Å². The standard InChI is InChI=1S/C39H40N10O2/c1-24-14-37-46(21-33(24)27-5-7-32-35(16-27)41-22-47(38(32)50)29-9-12-45(3)13-10-29)20-25(2)49(37)36-17-30(8-11-40-36)48-23-42-34-15-26(28-18-43-44-19-28)4-6-31(34)39(48)51/h4-7,14-16,18-23,29-30,36,40H,8-13,17H2,1-3H3/p+1. The lowest BCUT2D eigenvalue weighted by atomic mass is 10.0. The maximum Gasteiger partial charge on any atom is 0.287 e. The van der Waals surface area contributed by atoms with Crippen molar-refractivity contribution in [2.45, 2.75) is 57.8 Å². The zero-order chi connectivity index (χ0) is 34.8. The highest BCUT2D eigenvalue weighted by molar-refractivity contribution is 5.84. The number of likely N-dealkylation sites (tertiary alicyclic amines) is 1. The van der Waals surface area contributed by atoms with Gasteiger partial charge in [-0.3, -0.25) is 29.1 Å². The first kappa shape index (κ1) is 31.5. The van der Waals surface area contributed by atoms with Gasteiger partial charge in [-0.15, -0.1) is 0 Å². The highest BCUT2D eigenvalue weighted by Crippen LogP contribution is 2.31. The minimum atomic E-state index is -0.0149. The normalized spacial score (nSPS) is 19.0. The lowest BCUT2D eigenvalue weighted by Crippen LogP contribution is -2.39. The first-order chi connectivity index (χ1) is 24.8. The van der Waals surface area contributed by atoms with Crippen LogP contribution in [0.3, 0.4) is 0 Å². The molecular weight excluding hydrogens is 640 g/mol. The number of piperidine rings is 2. The number of nitrogens with one attached hydrogen (secondary N) is 2. The van der Waals surface area contributed by atoms with Crippen LogP contribution in [0.4, 0.5) is 0 Å². The highest BCUT2D eigenvalue weighted by Gasteiger charge is 2.32. The van der Waals surface area contributed by atoms with Gasteiger partial charge in [-0.2, -0.15) is 5.10 Å². The second-order valence-electron chi connectivity index (χ2n) is 14.3. The van der Waals surface area contributed by atoms with Crippen LogP contribution < -0.4 is 20.8 Å². The van der Waals surface area contributed by atoms with E-state index in [0.717, 1.165) is 84.5 Å². The fourth-order valence-corrected chi connectivity index (χ4v) is 8.25. The van der Waals surface area contributed by atoms with Gasteiger partial charge in [-0.25, -0.2) is 18.9 Å². The molecule has 51 heavy (non-hydrogen) atoms. The number of aromatic nitrogens is 8. The summed E-state index contributed by atoms with van der Waals surface area (Å²) in [5.41, 5.74) is 8.79. The van der Waals surface area contributed by atoms with E-state index in [1.54, 1.807) is 18.9 Å². The summed E-state index contributed by atoms with van der Waals surface area (Å²) < 4.78 is 8.18. The zero-order valence-electron chi connectivity index (χ0n) is 29.1. The molecule has 0 aliphatic carbocycles. The summed E-state index contributed by atoms with van der Waals surface area (Å²) in [6, 6.07) is 14.2. The highest BCUT2D eigenvalue weighted by atomic mass is 16.1. The molecule has 7 aromatic rings. The molecule has 2 aromatic carbocycles. The van der Waals surface area contributed by atoms with Gasteiger partial charge < -0.3 is 4.90 Å². The van der Waals surface area contributed by atoms with Crippen molar-refractivity contribution >= 4 is 27.5 Å². The van der Waals surface area contributed by atoms with Crippen molar-refractivity contribution in [2.24, 2.45) is 0 Å². The van der Waals surface area contributed by atoms with Crippen LogP contribution in [0.5, 0.6) is 0 Å². The largest absolute Gasteiger partial charge is 0.306 e. The van der Waals surface area contributed by atoms with Gasteiger partial charge in [0.25, 0.3) is 16.8 Å². The smallest absolute Gasteiger partial charge is 0.287 e. The van der Waals surface area contributed by atoms with Crippen molar-refractivity contribution in [3.8, 4) is 22.3 Å². The monoisotopic (exact) mass is 681 g/mol. The second-order valence-corrected chi connectivity index (χ2v) is 14.3. The van der Waals surface area contributed by atoms with Crippen LogP contribution in [0, 0.1) is 13.8 Å². The van der Waals surface area contributed by atoms with Crippen LogP contribution in [0.25, 0.3) is 49.7 Å². The molecule has 5 aromatic heterocycles. The Kier molecular flexibility index (Phi) is 7.66. The Labute approximate surface area is 294 Å². The number of aromatic amines is 1. The Hall–Kier alpha value is -5.46. The molecule has 0 spiro atoms. The third kappa shape index (κ3) is 5.46. The first-order valence-corrected chi connectivity index (χ1v) is 17.8. The third-order valence-corrected chi connectivity index (χ3v) is 11.1. The minimum Gasteiger partial charge on any atom is -0.306 e. The molecule has 0 amide bonds. The van der Waals surface area contributed by atoms with Crippen LogP contribution in [0.15, 0.2) is 89.5 Å². The van der Waals surface area contributed by atoms with Gasteiger partial charge in [0.05, 0.1) is 40.7 Å². The number of nitrogens with zero attached hydrogens (tertiary/aromatic N) is 8. The zero-order valence-corrected chi connectivity index (χ0v) is 29.1. The summed E-state index contributed by atoms with van der Waals surface area (Å²) in [5.74, 6) is 0. The van der Waals surface area contributed by atoms with E-state index in [1.807, 2.05) is 51.7 Å². The molecule has 2 N–H and O–H groups in total. The number of rotatable bonds is 5. The minimum absolute atomic E-state index is 0.00154. The van der Waals surface area contributed by atoms with Gasteiger partial charge in [-0.05, 0) is 87.3 Å². The molecule has 12 heteroatoms. The third-order valence-electron chi connectivity index (χ3n) is 11.1. The predicted molar refractivity (Wildman–Crippen MR) is 197 cm³/mol. The molecule has 2 aliphatic rings. The number of benzene rings is 2. The number of aryl methyl sites for hydroxylation is 2. The summed E-state index contributed by atoms with van der Waals surface area (Å²) in [7, 11) is 2.13. The predicted octanol–water partition coefficient (Wildman–Crippen LogP) is 4.71. The molecule has 2 saturated heterocycles. The SMILES string of the molecule is Cc1cc2n(C3CC(n4cnc5cc(-c6cn[nH]c6)ccc5c4=O)CCN3)c(C)c[n+]2cc1-c1ccc2c(=O)n(C3CCN(C)CC3)cnc2c1. The number of hydrogen-bond donors (Lipinski definition) is 2. The average molecular weight is 682 g/mol. The second kappa shape index (κ2) is 12.4. The van der Waals surface area contributed by atoms with E-state index in [1.165, 1.54) is 0 Å². The molecule has 2 unspecified atom stereocenters. The summed E-state index contributed by atoms with van der Waals surface area (Å²) in [4.78, 5) is 39.1. The van der Waals surface area contributed by atoms with E-state index < -0.39 is 0 Å². The Morgan fingerprint density at radius 2 is 1.49 bits per heavy atom. The average Bonchev–Trinajstić information content (AvgIpc) is 3.80. The van der Waals surface area contributed by atoms with Crippen molar-refractivity contribution in [3.63, 3.8) is 0 Å². The maximum atomic E-state index is 13.8. The van der Waals surface area contributed by atoms with Crippen LogP contribution in [-0.2, 0) is 0 Å². The summed E-state index contributed by atoms with van der Waals surface area (Å²) >= 11 is 0. The van der Waals surface area contributed by atoms with Gasteiger partial charge in [0, 0.05) is 55.4 Å². The molecule has 2 fully saturated rings. The Balaban J connectivity index is 1.00. The van der Waals surface area contributed by atoms with Crippen molar-refractivity contribution in [3.05, 3.63) is 112 Å². The lowest BCUT2D eigenvalue weighted by molar-refractivity contribution is -0.510. The van der Waals surface area contributed by atoms with Crippen LogP contribution in [0.2, 0.25) is 0 Å². The van der Waals surface area contributed by atoms with Crippen molar-refractivity contribution in [2.75, 3.05) is 26.7 Å². The molecule has 12 nitrogen and oxygen atoms in total. The fourth-order valence-electron chi connectivity index (χ4n) is 8.25. The number of hydrogen-bond acceptors (Lipinski definition) is 7. The van der Waals surface area contributed by atoms with E-state index in [-0.39, 0.29) is 29.4 Å². The summed E-state index contributed by atoms with van der Waals surface area (Å²) in [6.45, 7) is 7.02. The fraction of sp³-hybridized carbons (Fsp3) is 0.333. The van der Waals surface area contributed by atoms with Crippen molar-refractivity contribution < 1.29 is 4.40 Å². The molecule has 9 rings (SSSR count). The van der Waals surface area contributed by atoms with Gasteiger partial charge in [0.15, 0.2) is 6.17 Å². The quantitative estimate of drug-likeness (QED) is 0.253. The van der Waals surface area contributed by atoms with Crippen LogP contribution in [0.1, 0.15) is 55.2 Å². The Bertz CT molecular complexity index is 2560. The van der Waals surface area contributed by atoms with E-state index in [9.17, 15) is 9.59 Å². The maximum absolute atomic E-state index is 13.8. The van der Waals surface area contributed by atoms with Crippen molar-refractivity contribution in [1.29, 1.82) is 0 Å². The number of pyridine rings is 1. The summed E-state index contributed by atoms with van der Waals surface area (Å²) in [5, 5.41) is 11.9. The molecule has 7 heterocycles. The molecule has 258 valence electrons. The van der Waals surface area contributed by atoms with Crippen LogP contribution >= 0.6 is 0 Å². The Morgan fingerprint density at radius 1 is 0.804 bits per heavy atom. The van der Waals surface area contributed by atoms with E-state index in [4.69, 9.17) is 9.97 Å². The first-order valence-electron chi connectivity index (χ1n) is 17.8. The molecule has 0 radical (unpaired) electrons. The topological polar surface area (TPSA) is 123 Å². The number of fused-ring (bicyclic) bond motifs is 3. The lowest BCUT2D eigenvalue weighted by Gasteiger charge is -2.30. The number of imidazole rings is 1. The molecule has 2 atom stereocenters.